The lowest BCUT2D eigenvalue weighted by molar-refractivity contribution is -0.135. The first kappa shape index (κ1) is 23.8. The van der Waals surface area contributed by atoms with Crippen LogP contribution in [-0.2, 0) is 14.3 Å². The van der Waals surface area contributed by atoms with Crippen LogP contribution in [0, 0.1) is 17.2 Å². The minimum absolute atomic E-state index is 0.0874. The number of esters is 1. The van der Waals surface area contributed by atoms with E-state index in [9.17, 15) is 9.59 Å². The quantitative estimate of drug-likeness (QED) is 0.505. The van der Waals surface area contributed by atoms with Gasteiger partial charge in [-0.05, 0) is 56.6 Å². The summed E-state index contributed by atoms with van der Waals surface area (Å²) in [5.74, 6) is 0.819. The molecule has 0 spiro atoms. The van der Waals surface area contributed by atoms with Gasteiger partial charge in [-0.1, -0.05) is 37.8 Å². The number of hydrogen-bond acceptors (Lipinski definition) is 7. The maximum atomic E-state index is 13.9. The molecule has 4 fully saturated rings. The summed E-state index contributed by atoms with van der Waals surface area (Å²) in [5.41, 5.74) is 0.356. The fraction of sp³-hybridized carbons (Fsp3) is 0.643. The molecule has 4 aliphatic rings. The molecule has 3 heterocycles. The van der Waals surface area contributed by atoms with Crippen LogP contribution in [0.25, 0.3) is 11.0 Å². The van der Waals surface area contributed by atoms with Gasteiger partial charge in [0.25, 0.3) is 5.56 Å². The molecular weight excluding hydrogens is 456 g/mol. The number of carbonyl (C=O) groups excluding carboxylic acids is 1. The van der Waals surface area contributed by atoms with Crippen LogP contribution in [-0.4, -0.2) is 64.1 Å². The fourth-order valence-electron chi connectivity index (χ4n) is 7.61. The molecule has 1 aromatic heterocycles. The maximum Gasteiger partial charge on any atom is 0.358 e. The molecule has 2 saturated heterocycles. The SMILES string of the molecule is CCOC(=O)C(=N)c1nc2ccccc2n([C@@H]2C[C@@H]3COC[C@H]2N3C2CC3CCCCC(C3)C2)c1=O. The van der Waals surface area contributed by atoms with Crippen LogP contribution in [0.4, 0.5) is 0 Å². The van der Waals surface area contributed by atoms with Crippen molar-refractivity contribution in [2.45, 2.75) is 82.5 Å². The Bertz CT molecular complexity index is 1210. The second-order valence-electron chi connectivity index (χ2n) is 11.1. The predicted octanol–water partition coefficient (Wildman–Crippen LogP) is 3.70. The molecule has 192 valence electrons. The number of ether oxygens (including phenoxy) is 2. The first-order valence-electron chi connectivity index (χ1n) is 13.7. The molecule has 0 amide bonds. The van der Waals surface area contributed by atoms with Gasteiger partial charge in [-0.15, -0.1) is 0 Å². The zero-order valence-corrected chi connectivity index (χ0v) is 21.0. The summed E-state index contributed by atoms with van der Waals surface area (Å²) < 4.78 is 12.9. The van der Waals surface area contributed by atoms with Gasteiger partial charge >= 0.3 is 5.97 Å². The second kappa shape index (κ2) is 9.71. The molecule has 0 radical (unpaired) electrons. The van der Waals surface area contributed by atoms with Gasteiger partial charge < -0.3 is 14.0 Å². The topological polar surface area (TPSA) is 97.5 Å². The Morgan fingerprint density at radius 3 is 2.56 bits per heavy atom. The highest BCUT2D eigenvalue weighted by Crippen LogP contribution is 2.46. The number of nitrogens with one attached hydrogen (secondary N) is 1. The number of nitrogens with zero attached hydrogens (tertiary/aromatic N) is 3. The van der Waals surface area contributed by atoms with Crippen molar-refractivity contribution in [3.63, 3.8) is 0 Å². The van der Waals surface area contributed by atoms with Gasteiger partial charge in [-0.25, -0.2) is 9.78 Å². The number of morpholine rings is 1. The maximum absolute atomic E-state index is 13.9. The molecule has 2 aromatic rings. The van der Waals surface area contributed by atoms with Gasteiger partial charge in [0.15, 0.2) is 11.4 Å². The van der Waals surface area contributed by atoms with Gasteiger partial charge in [-0.3, -0.25) is 15.1 Å². The average molecular weight is 493 g/mol. The number of rotatable bonds is 5. The number of benzene rings is 1. The lowest BCUT2D eigenvalue weighted by Crippen LogP contribution is -2.54. The molecule has 4 bridgehead atoms. The third-order valence-electron chi connectivity index (χ3n) is 8.98. The van der Waals surface area contributed by atoms with Crippen LogP contribution >= 0.6 is 0 Å². The highest BCUT2D eigenvalue weighted by Gasteiger charge is 2.50. The molecular formula is C28H36N4O4. The molecule has 2 saturated carbocycles. The van der Waals surface area contributed by atoms with E-state index in [2.05, 4.69) is 9.88 Å². The first-order chi connectivity index (χ1) is 17.5. The van der Waals surface area contributed by atoms with Crippen molar-refractivity contribution in [3.8, 4) is 0 Å². The minimum Gasteiger partial charge on any atom is -0.461 e. The zero-order chi connectivity index (χ0) is 24.8. The highest BCUT2D eigenvalue weighted by atomic mass is 16.5. The number of para-hydroxylation sites is 2. The van der Waals surface area contributed by atoms with E-state index in [-0.39, 0.29) is 36.0 Å². The van der Waals surface area contributed by atoms with Crippen molar-refractivity contribution in [2.75, 3.05) is 19.8 Å². The average Bonchev–Trinajstić information content (AvgIpc) is 2.99. The van der Waals surface area contributed by atoms with Crippen LogP contribution in [0.5, 0.6) is 0 Å². The van der Waals surface area contributed by atoms with E-state index in [1.165, 1.54) is 44.9 Å². The summed E-state index contributed by atoms with van der Waals surface area (Å²) >= 11 is 0. The standard InChI is InChI=1S/C28H36N4O4/c1-2-36-28(34)25(29)26-27(33)32(22-10-6-5-9-21(22)30-26)23-14-20-15-35-16-24(23)31(20)19-12-17-7-3-4-8-18(11-17)13-19/h5-6,9-10,17-20,23-24,29H,2-4,7-8,11-16H2,1H3/t17?,18?,19?,20-,23-,24-/m1/s1. The minimum atomic E-state index is -0.816. The van der Waals surface area contributed by atoms with Crippen molar-refractivity contribution in [2.24, 2.45) is 11.8 Å². The van der Waals surface area contributed by atoms with Crippen LogP contribution in [0.15, 0.2) is 29.1 Å². The normalized spacial score (nSPS) is 32.2. The highest BCUT2D eigenvalue weighted by molar-refractivity contribution is 6.41. The molecule has 36 heavy (non-hydrogen) atoms. The molecule has 2 aliphatic heterocycles. The summed E-state index contributed by atoms with van der Waals surface area (Å²) in [6, 6.07) is 8.38. The van der Waals surface area contributed by atoms with Crippen molar-refractivity contribution >= 4 is 22.7 Å². The molecule has 6 rings (SSSR count). The first-order valence-corrected chi connectivity index (χ1v) is 13.7. The van der Waals surface area contributed by atoms with Gasteiger partial charge in [0.1, 0.15) is 0 Å². The summed E-state index contributed by atoms with van der Waals surface area (Å²) in [6.07, 6.45) is 10.1. The number of aromatic nitrogens is 2. The smallest absolute Gasteiger partial charge is 0.358 e. The third-order valence-corrected chi connectivity index (χ3v) is 8.98. The Morgan fingerprint density at radius 1 is 1.06 bits per heavy atom. The van der Waals surface area contributed by atoms with Crippen molar-refractivity contribution in [1.29, 1.82) is 5.41 Å². The van der Waals surface area contributed by atoms with Crippen molar-refractivity contribution in [1.82, 2.24) is 14.5 Å². The van der Waals surface area contributed by atoms with Crippen LogP contribution in [0.1, 0.15) is 70.0 Å². The van der Waals surface area contributed by atoms with E-state index in [1.54, 1.807) is 6.92 Å². The molecule has 5 atom stereocenters. The molecule has 1 N–H and O–H groups in total. The van der Waals surface area contributed by atoms with Crippen molar-refractivity contribution in [3.05, 3.63) is 40.3 Å². The van der Waals surface area contributed by atoms with E-state index >= 15 is 0 Å². The van der Waals surface area contributed by atoms with Crippen molar-refractivity contribution < 1.29 is 14.3 Å². The monoisotopic (exact) mass is 492 g/mol. The summed E-state index contributed by atoms with van der Waals surface area (Å²) in [4.78, 5) is 33.4. The van der Waals surface area contributed by atoms with Crippen LogP contribution in [0.2, 0.25) is 0 Å². The Kier molecular flexibility index (Phi) is 6.42. The predicted molar refractivity (Wildman–Crippen MR) is 136 cm³/mol. The summed E-state index contributed by atoms with van der Waals surface area (Å²) in [7, 11) is 0. The van der Waals surface area contributed by atoms with E-state index in [0.29, 0.717) is 24.8 Å². The molecule has 2 unspecified atom stereocenters. The third kappa shape index (κ3) is 4.08. The Labute approximate surface area is 211 Å². The molecule has 8 nitrogen and oxygen atoms in total. The van der Waals surface area contributed by atoms with Gasteiger partial charge in [0, 0.05) is 12.1 Å². The number of hydrogen-bond donors (Lipinski definition) is 1. The zero-order valence-electron chi connectivity index (χ0n) is 21.0. The lowest BCUT2D eigenvalue weighted by Gasteiger charge is -2.46. The number of carbonyl (C=O) groups is 1. The fourth-order valence-corrected chi connectivity index (χ4v) is 7.61. The second-order valence-corrected chi connectivity index (χ2v) is 11.1. The summed E-state index contributed by atoms with van der Waals surface area (Å²) in [6.45, 7) is 3.12. The van der Waals surface area contributed by atoms with E-state index in [4.69, 9.17) is 14.9 Å². The van der Waals surface area contributed by atoms with E-state index in [0.717, 1.165) is 23.8 Å². The van der Waals surface area contributed by atoms with Crippen LogP contribution in [0.3, 0.4) is 0 Å². The largest absolute Gasteiger partial charge is 0.461 e. The number of fused-ring (bicyclic) bond motifs is 5. The molecule has 2 aliphatic carbocycles. The van der Waals surface area contributed by atoms with E-state index < -0.39 is 11.7 Å². The van der Waals surface area contributed by atoms with Gasteiger partial charge in [0.05, 0.1) is 42.9 Å². The Hall–Kier alpha value is -2.58. The van der Waals surface area contributed by atoms with Gasteiger partial charge in [-0.2, -0.15) is 0 Å². The molecule has 1 aromatic carbocycles. The van der Waals surface area contributed by atoms with Gasteiger partial charge in [0.2, 0.25) is 0 Å². The lowest BCUT2D eigenvalue weighted by atomic mass is 9.77. The van der Waals surface area contributed by atoms with Crippen LogP contribution < -0.4 is 5.56 Å². The molecule has 8 heteroatoms. The Balaban J connectivity index is 1.40. The van der Waals surface area contributed by atoms with E-state index in [1.807, 2.05) is 28.8 Å². The summed E-state index contributed by atoms with van der Waals surface area (Å²) in [5, 5.41) is 8.38. The Morgan fingerprint density at radius 2 is 1.81 bits per heavy atom.